The second-order valence-electron chi connectivity index (χ2n) is 4.45. The largest absolute Gasteiger partial charge is 0.465 e. The Morgan fingerprint density at radius 2 is 2.00 bits per heavy atom. The number of nitro groups is 1. The number of nitro benzene ring substituents is 1. The van der Waals surface area contributed by atoms with Crippen LogP contribution < -0.4 is 4.74 Å². The van der Waals surface area contributed by atoms with Crippen LogP contribution in [0.3, 0.4) is 0 Å². The molecule has 0 bridgehead atoms. The average molecular weight is 285 g/mol. The van der Waals surface area contributed by atoms with E-state index in [0.29, 0.717) is 5.75 Å². The van der Waals surface area contributed by atoms with Crippen molar-refractivity contribution in [3.05, 3.63) is 34.4 Å². The minimum Gasteiger partial charge on any atom is -0.465 e. The van der Waals surface area contributed by atoms with Gasteiger partial charge in [-0.05, 0) is 12.1 Å². The molecule has 0 amide bonds. The van der Waals surface area contributed by atoms with Gasteiger partial charge in [-0.25, -0.2) is 0 Å². The lowest BCUT2D eigenvalue weighted by Gasteiger charge is -2.36. The van der Waals surface area contributed by atoms with Gasteiger partial charge in [-0.15, -0.1) is 0 Å². The predicted octanol–water partition coefficient (Wildman–Crippen LogP) is -0.197. The fraction of sp³-hybridized carbons (Fsp3) is 0.500. The Morgan fingerprint density at radius 1 is 1.35 bits per heavy atom. The molecule has 4 atom stereocenters. The van der Waals surface area contributed by atoms with Gasteiger partial charge >= 0.3 is 0 Å². The highest BCUT2D eigenvalue weighted by Gasteiger charge is 2.37. The van der Waals surface area contributed by atoms with Crippen LogP contribution in [0.4, 0.5) is 5.69 Å². The fourth-order valence-corrected chi connectivity index (χ4v) is 1.94. The summed E-state index contributed by atoms with van der Waals surface area (Å²) in [5.41, 5.74) is -0.0643. The molecule has 8 heteroatoms. The Labute approximate surface area is 114 Å². The van der Waals surface area contributed by atoms with Crippen molar-refractivity contribution in [3.8, 4) is 5.75 Å². The molecule has 1 aromatic rings. The summed E-state index contributed by atoms with van der Waals surface area (Å²) in [5.74, 6) is 0.334. The number of hydrogen-bond donors (Lipinski definition) is 3. The predicted molar refractivity (Wildman–Crippen MR) is 66.1 cm³/mol. The van der Waals surface area contributed by atoms with Crippen LogP contribution in [0.2, 0.25) is 0 Å². The average Bonchev–Trinajstić information content (AvgIpc) is 2.43. The molecule has 8 nitrogen and oxygen atoms in total. The van der Waals surface area contributed by atoms with Gasteiger partial charge in [0, 0.05) is 18.6 Å². The van der Waals surface area contributed by atoms with E-state index < -0.39 is 36.1 Å². The SMILES string of the molecule is O=[N+]([O-])c1ccc(O[C@H]2C[C@@H](O)[C@H](O)[C@@H](CO)O2)cc1. The molecule has 0 saturated carbocycles. The van der Waals surface area contributed by atoms with Crippen molar-refractivity contribution in [1.29, 1.82) is 0 Å². The van der Waals surface area contributed by atoms with E-state index in [1.165, 1.54) is 24.3 Å². The molecule has 0 spiro atoms. The van der Waals surface area contributed by atoms with E-state index in [0.717, 1.165) is 0 Å². The molecule has 1 saturated heterocycles. The standard InChI is InChI=1S/C12H15NO7/c14-6-10-12(16)9(15)5-11(20-10)19-8-3-1-7(2-4-8)13(17)18/h1-4,9-12,14-16H,5-6H2/t9-,10-,11-,12+/m1/s1. The van der Waals surface area contributed by atoms with E-state index >= 15 is 0 Å². The minimum absolute atomic E-state index is 0.0364. The third-order valence-electron chi connectivity index (χ3n) is 3.03. The molecule has 20 heavy (non-hydrogen) atoms. The number of aliphatic hydroxyl groups excluding tert-OH is 3. The van der Waals surface area contributed by atoms with Gasteiger partial charge in [-0.3, -0.25) is 10.1 Å². The normalized spacial score (nSPS) is 29.9. The van der Waals surface area contributed by atoms with Crippen molar-refractivity contribution in [2.24, 2.45) is 0 Å². The van der Waals surface area contributed by atoms with Gasteiger partial charge in [0.15, 0.2) is 0 Å². The zero-order valence-corrected chi connectivity index (χ0v) is 10.5. The molecule has 0 aromatic heterocycles. The first-order chi connectivity index (χ1) is 9.51. The molecular formula is C12H15NO7. The Hall–Kier alpha value is -1.74. The molecule has 1 aliphatic heterocycles. The molecule has 110 valence electrons. The highest BCUT2D eigenvalue weighted by atomic mass is 16.7. The van der Waals surface area contributed by atoms with Crippen LogP contribution in [-0.4, -0.2) is 51.5 Å². The zero-order chi connectivity index (χ0) is 14.7. The summed E-state index contributed by atoms with van der Waals surface area (Å²) in [6.07, 6.45) is -3.97. The van der Waals surface area contributed by atoms with Gasteiger partial charge in [0.2, 0.25) is 6.29 Å². The quantitative estimate of drug-likeness (QED) is 0.517. The number of nitrogens with zero attached hydrogens (tertiary/aromatic N) is 1. The molecule has 0 radical (unpaired) electrons. The summed E-state index contributed by atoms with van der Waals surface area (Å²) >= 11 is 0. The fourth-order valence-electron chi connectivity index (χ4n) is 1.94. The first-order valence-corrected chi connectivity index (χ1v) is 6.05. The molecule has 2 rings (SSSR count). The van der Waals surface area contributed by atoms with Gasteiger partial charge in [0.05, 0.1) is 17.6 Å². The first-order valence-electron chi connectivity index (χ1n) is 6.05. The van der Waals surface area contributed by atoms with Crippen LogP contribution >= 0.6 is 0 Å². The van der Waals surface area contributed by atoms with Gasteiger partial charge < -0.3 is 24.8 Å². The third-order valence-corrected chi connectivity index (χ3v) is 3.03. The van der Waals surface area contributed by atoms with Crippen molar-refractivity contribution >= 4 is 5.69 Å². The number of rotatable bonds is 4. The summed E-state index contributed by atoms with van der Waals surface area (Å²) in [7, 11) is 0. The number of non-ortho nitro benzene ring substituents is 1. The van der Waals surface area contributed by atoms with Crippen LogP contribution in [0.15, 0.2) is 24.3 Å². The lowest BCUT2D eigenvalue weighted by molar-refractivity contribution is -0.384. The molecule has 0 aliphatic carbocycles. The van der Waals surface area contributed by atoms with Crippen LogP contribution in [0.5, 0.6) is 5.75 Å². The Balaban J connectivity index is 2.00. The molecule has 0 unspecified atom stereocenters. The number of ether oxygens (including phenoxy) is 2. The minimum atomic E-state index is -1.17. The summed E-state index contributed by atoms with van der Waals surface area (Å²) < 4.78 is 10.7. The number of benzene rings is 1. The smallest absolute Gasteiger partial charge is 0.269 e. The van der Waals surface area contributed by atoms with Crippen molar-refractivity contribution < 1.29 is 29.7 Å². The lowest BCUT2D eigenvalue weighted by atomic mass is 10.0. The van der Waals surface area contributed by atoms with E-state index in [-0.39, 0.29) is 12.1 Å². The number of aliphatic hydroxyl groups is 3. The first kappa shape index (κ1) is 14.7. The summed E-state index contributed by atoms with van der Waals surface area (Å²) in [6, 6.07) is 5.39. The van der Waals surface area contributed by atoms with E-state index in [9.17, 15) is 20.3 Å². The Morgan fingerprint density at radius 3 is 2.55 bits per heavy atom. The summed E-state index contributed by atoms with van der Waals surface area (Å²) in [5, 5.41) is 38.7. The summed E-state index contributed by atoms with van der Waals surface area (Å²) in [4.78, 5) is 9.99. The topological polar surface area (TPSA) is 122 Å². The van der Waals surface area contributed by atoms with Crippen LogP contribution in [0.25, 0.3) is 0 Å². The van der Waals surface area contributed by atoms with Gasteiger partial charge in [-0.2, -0.15) is 0 Å². The maximum atomic E-state index is 10.5. The highest BCUT2D eigenvalue weighted by molar-refractivity contribution is 5.36. The molecular weight excluding hydrogens is 270 g/mol. The Kier molecular flexibility index (Phi) is 4.50. The molecule has 1 aliphatic rings. The molecule has 1 aromatic carbocycles. The van der Waals surface area contributed by atoms with Crippen molar-refractivity contribution in [1.82, 2.24) is 0 Å². The van der Waals surface area contributed by atoms with Crippen molar-refractivity contribution in [2.75, 3.05) is 6.61 Å². The van der Waals surface area contributed by atoms with E-state index in [2.05, 4.69) is 0 Å². The highest BCUT2D eigenvalue weighted by Crippen LogP contribution is 2.24. The van der Waals surface area contributed by atoms with Crippen LogP contribution in [0.1, 0.15) is 6.42 Å². The zero-order valence-electron chi connectivity index (χ0n) is 10.5. The monoisotopic (exact) mass is 285 g/mol. The van der Waals surface area contributed by atoms with Crippen molar-refractivity contribution in [2.45, 2.75) is 31.0 Å². The molecule has 3 N–H and O–H groups in total. The maximum absolute atomic E-state index is 10.5. The molecule has 1 fully saturated rings. The number of hydrogen-bond acceptors (Lipinski definition) is 7. The van der Waals surface area contributed by atoms with Crippen LogP contribution in [0, 0.1) is 10.1 Å². The molecule has 1 heterocycles. The lowest BCUT2D eigenvalue weighted by Crippen LogP contribution is -2.51. The maximum Gasteiger partial charge on any atom is 0.269 e. The van der Waals surface area contributed by atoms with Crippen LogP contribution in [-0.2, 0) is 4.74 Å². The second-order valence-corrected chi connectivity index (χ2v) is 4.45. The summed E-state index contributed by atoms with van der Waals surface area (Å²) in [6.45, 7) is -0.446. The van der Waals surface area contributed by atoms with Crippen molar-refractivity contribution in [3.63, 3.8) is 0 Å². The van der Waals surface area contributed by atoms with E-state index in [4.69, 9.17) is 14.6 Å². The second kappa shape index (κ2) is 6.14. The van der Waals surface area contributed by atoms with Gasteiger partial charge in [0.25, 0.3) is 5.69 Å². The Bertz CT molecular complexity index is 463. The van der Waals surface area contributed by atoms with E-state index in [1.54, 1.807) is 0 Å². The van der Waals surface area contributed by atoms with Gasteiger partial charge in [0.1, 0.15) is 18.0 Å². The van der Waals surface area contributed by atoms with E-state index in [1.807, 2.05) is 0 Å². The third kappa shape index (κ3) is 3.23. The van der Waals surface area contributed by atoms with Gasteiger partial charge in [-0.1, -0.05) is 0 Å².